The van der Waals surface area contributed by atoms with Crippen LogP contribution in [0.3, 0.4) is 0 Å². The Hall–Kier alpha value is -4.07. The summed E-state index contributed by atoms with van der Waals surface area (Å²) in [5.74, 6) is -0.593. The molecule has 0 fully saturated rings. The first-order valence-electron chi connectivity index (χ1n) is 9.28. The number of hydrogen-bond donors (Lipinski definition) is 3. The van der Waals surface area contributed by atoms with Crippen molar-refractivity contribution in [3.8, 4) is 5.75 Å². The summed E-state index contributed by atoms with van der Waals surface area (Å²) >= 11 is 0. The van der Waals surface area contributed by atoms with Gasteiger partial charge in [-0.2, -0.15) is 5.10 Å². The van der Waals surface area contributed by atoms with Gasteiger partial charge in [0.2, 0.25) is 0 Å². The maximum absolute atomic E-state index is 12.9. The Balaban J connectivity index is 1.70. The molecule has 0 bridgehead atoms. The Morgan fingerprint density at radius 1 is 1.20 bits per heavy atom. The summed E-state index contributed by atoms with van der Waals surface area (Å²) < 4.78 is 6.79. The van der Waals surface area contributed by atoms with Gasteiger partial charge in [0.15, 0.2) is 0 Å². The van der Waals surface area contributed by atoms with E-state index in [1.54, 1.807) is 42.1 Å². The van der Waals surface area contributed by atoms with E-state index in [0.29, 0.717) is 17.3 Å². The van der Waals surface area contributed by atoms with Crippen molar-refractivity contribution in [2.75, 3.05) is 17.7 Å². The molecule has 0 saturated heterocycles. The van der Waals surface area contributed by atoms with Crippen molar-refractivity contribution in [2.45, 2.75) is 13.0 Å². The molecular weight excluding hydrogens is 384 g/mol. The van der Waals surface area contributed by atoms with Gasteiger partial charge in [-0.25, -0.2) is 9.48 Å². The van der Waals surface area contributed by atoms with Gasteiger partial charge in [0.1, 0.15) is 22.8 Å². The number of aryl methyl sites for hydroxylation is 1. The first-order chi connectivity index (χ1) is 14.5. The van der Waals surface area contributed by atoms with Crippen molar-refractivity contribution in [1.29, 1.82) is 0 Å². The maximum atomic E-state index is 12.9. The molecule has 8 heteroatoms. The molecule has 3 N–H and O–H groups in total. The summed E-state index contributed by atoms with van der Waals surface area (Å²) in [6.45, 7) is 1.98. The third kappa shape index (κ3) is 3.62. The highest BCUT2D eigenvalue weighted by Gasteiger charge is 2.29. The minimum atomic E-state index is -1.11. The summed E-state index contributed by atoms with van der Waals surface area (Å²) in [6, 6.07) is 14.3. The van der Waals surface area contributed by atoms with Gasteiger partial charge in [0.05, 0.1) is 19.3 Å². The quantitative estimate of drug-likeness (QED) is 0.602. The van der Waals surface area contributed by atoms with Crippen LogP contribution in [0.25, 0.3) is 0 Å². The average molecular weight is 404 g/mol. The number of amides is 1. The molecule has 0 saturated carbocycles. The predicted octanol–water partition coefficient (Wildman–Crippen LogP) is 3.44. The van der Waals surface area contributed by atoms with Crippen LogP contribution in [-0.2, 0) is 4.79 Å². The number of carbonyl (C=O) groups is 2. The van der Waals surface area contributed by atoms with Gasteiger partial charge >= 0.3 is 5.97 Å². The topological polar surface area (TPSA) is 105 Å². The van der Waals surface area contributed by atoms with Crippen molar-refractivity contribution in [2.24, 2.45) is 0 Å². The molecule has 3 aromatic rings. The molecule has 4 rings (SSSR count). The second-order valence-corrected chi connectivity index (χ2v) is 6.90. The lowest BCUT2D eigenvalue weighted by molar-refractivity contribution is -0.132. The van der Waals surface area contributed by atoms with Crippen LogP contribution in [0.5, 0.6) is 5.75 Å². The Morgan fingerprint density at radius 3 is 2.67 bits per heavy atom. The zero-order chi connectivity index (χ0) is 21.3. The molecule has 1 aliphatic rings. The number of methoxy groups -OCH3 is 1. The van der Waals surface area contributed by atoms with E-state index in [1.165, 1.54) is 6.20 Å². The number of benzene rings is 2. The molecule has 1 aromatic heterocycles. The monoisotopic (exact) mass is 404 g/mol. The van der Waals surface area contributed by atoms with Crippen LogP contribution >= 0.6 is 0 Å². The lowest BCUT2D eigenvalue weighted by atomic mass is 10.0. The van der Waals surface area contributed by atoms with Gasteiger partial charge < -0.3 is 20.5 Å². The number of ether oxygens (including phenoxy) is 1. The number of rotatable bonds is 5. The first kappa shape index (κ1) is 19.3. The van der Waals surface area contributed by atoms with Crippen LogP contribution in [0.1, 0.15) is 27.5 Å². The number of allylic oxidation sites excluding steroid dienone is 1. The van der Waals surface area contributed by atoms with Gasteiger partial charge in [-0.3, -0.25) is 4.79 Å². The maximum Gasteiger partial charge on any atom is 0.352 e. The molecule has 8 nitrogen and oxygen atoms in total. The van der Waals surface area contributed by atoms with E-state index in [1.807, 2.05) is 31.2 Å². The van der Waals surface area contributed by atoms with Crippen LogP contribution in [0.2, 0.25) is 0 Å². The Kier molecular flexibility index (Phi) is 4.97. The van der Waals surface area contributed by atoms with E-state index >= 15 is 0 Å². The third-order valence-corrected chi connectivity index (χ3v) is 4.86. The van der Waals surface area contributed by atoms with Crippen LogP contribution in [0, 0.1) is 6.92 Å². The number of aliphatic carboxylic acids is 1. The third-order valence-electron chi connectivity index (χ3n) is 4.86. The fraction of sp³-hybridized carbons (Fsp3) is 0.136. The van der Waals surface area contributed by atoms with Crippen LogP contribution in [0.15, 0.2) is 66.5 Å². The van der Waals surface area contributed by atoms with Crippen molar-refractivity contribution in [1.82, 2.24) is 9.78 Å². The molecule has 30 heavy (non-hydrogen) atoms. The second-order valence-electron chi connectivity index (χ2n) is 6.90. The Morgan fingerprint density at radius 2 is 1.97 bits per heavy atom. The predicted molar refractivity (Wildman–Crippen MR) is 112 cm³/mol. The number of hydrogen-bond acceptors (Lipinski definition) is 5. The van der Waals surface area contributed by atoms with E-state index < -0.39 is 17.9 Å². The number of nitrogens with one attached hydrogen (secondary N) is 2. The van der Waals surface area contributed by atoms with Crippen molar-refractivity contribution in [3.63, 3.8) is 0 Å². The molecule has 1 aliphatic heterocycles. The average Bonchev–Trinajstić information content (AvgIpc) is 3.18. The summed E-state index contributed by atoms with van der Waals surface area (Å²) in [5.41, 5.74) is 2.74. The lowest BCUT2D eigenvalue weighted by Gasteiger charge is -2.24. The van der Waals surface area contributed by atoms with Crippen LogP contribution in [0.4, 0.5) is 11.5 Å². The summed E-state index contributed by atoms with van der Waals surface area (Å²) in [6.07, 6.45) is 3.01. The highest BCUT2D eigenvalue weighted by atomic mass is 16.5. The van der Waals surface area contributed by atoms with E-state index in [-0.39, 0.29) is 11.3 Å². The standard InChI is InChI=1S/C22H20N4O4/c1-13-6-8-14(9-7-13)19-11-18(22(28)29)25-20-17(12-23-26(19)20)21(27)24-15-4-3-5-16(10-15)30-2/h3-12,19,25H,1-2H3,(H,24,27)(H,28,29). The van der Waals surface area contributed by atoms with E-state index in [2.05, 4.69) is 15.7 Å². The van der Waals surface area contributed by atoms with Crippen LogP contribution < -0.4 is 15.4 Å². The smallest absolute Gasteiger partial charge is 0.352 e. The molecule has 0 radical (unpaired) electrons. The van der Waals surface area contributed by atoms with E-state index in [4.69, 9.17) is 4.74 Å². The number of carbonyl (C=O) groups excluding carboxylic acids is 1. The fourth-order valence-corrected chi connectivity index (χ4v) is 3.29. The van der Waals surface area contributed by atoms with Gasteiger partial charge in [-0.05, 0) is 30.7 Å². The van der Waals surface area contributed by atoms with E-state index in [0.717, 1.165) is 11.1 Å². The van der Waals surface area contributed by atoms with Crippen LogP contribution in [-0.4, -0.2) is 33.9 Å². The highest BCUT2D eigenvalue weighted by molar-refractivity contribution is 6.08. The minimum Gasteiger partial charge on any atom is -0.497 e. The fourth-order valence-electron chi connectivity index (χ4n) is 3.29. The van der Waals surface area contributed by atoms with Gasteiger partial charge in [0, 0.05) is 11.8 Å². The van der Waals surface area contributed by atoms with Crippen molar-refractivity contribution >= 4 is 23.4 Å². The highest BCUT2D eigenvalue weighted by Crippen LogP contribution is 2.32. The van der Waals surface area contributed by atoms with Gasteiger partial charge in [-0.1, -0.05) is 35.9 Å². The lowest BCUT2D eigenvalue weighted by Crippen LogP contribution is -2.25. The molecule has 1 atom stereocenters. The second kappa shape index (κ2) is 7.75. The van der Waals surface area contributed by atoms with Crippen molar-refractivity contribution in [3.05, 3.63) is 83.2 Å². The first-order valence-corrected chi connectivity index (χ1v) is 9.28. The van der Waals surface area contributed by atoms with Crippen molar-refractivity contribution < 1.29 is 19.4 Å². The minimum absolute atomic E-state index is 0.0102. The van der Waals surface area contributed by atoms with E-state index in [9.17, 15) is 14.7 Å². The number of nitrogens with zero attached hydrogens (tertiary/aromatic N) is 2. The molecular formula is C22H20N4O4. The number of carboxylic acids is 1. The summed E-state index contributed by atoms with van der Waals surface area (Å²) in [5, 5.41) is 19.5. The molecule has 1 amide bonds. The molecule has 2 aromatic carbocycles. The number of carboxylic acid groups (broad SMARTS) is 1. The zero-order valence-electron chi connectivity index (χ0n) is 16.4. The SMILES string of the molecule is COc1cccc(NC(=O)c2cnn3c2NC(C(=O)O)=CC3c2ccc(C)cc2)c1. The summed E-state index contributed by atoms with van der Waals surface area (Å²) in [7, 11) is 1.55. The number of aromatic nitrogens is 2. The molecule has 1 unspecified atom stereocenters. The molecule has 152 valence electrons. The largest absolute Gasteiger partial charge is 0.497 e. The Bertz CT molecular complexity index is 1150. The normalized spacial score (nSPS) is 14.9. The molecule has 0 spiro atoms. The molecule has 0 aliphatic carbocycles. The molecule has 2 heterocycles. The Labute approximate surface area is 172 Å². The number of fused-ring (bicyclic) bond motifs is 1. The van der Waals surface area contributed by atoms with Gasteiger partial charge in [-0.15, -0.1) is 0 Å². The zero-order valence-corrected chi connectivity index (χ0v) is 16.4. The number of anilines is 2. The van der Waals surface area contributed by atoms with Gasteiger partial charge in [0.25, 0.3) is 5.91 Å². The summed E-state index contributed by atoms with van der Waals surface area (Å²) in [4.78, 5) is 24.6.